The SMILES string of the molecule is CCCCc1c(N)[nH]oc1=O. The van der Waals surface area contributed by atoms with Crippen molar-refractivity contribution < 1.29 is 4.52 Å². The lowest BCUT2D eigenvalue weighted by atomic mass is 10.1. The average Bonchev–Trinajstić information content (AvgIpc) is 2.29. The smallest absolute Gasteiger partial charge is 0.362 e. The van der Waals surface area contributed by atoms with E-state index in [2.05, 4.69) is 16.6 Å². The summed E-state index contributed by atoms with van der Waals surface area (Å²) in [7, 11) is 0. The number of hydrogen-bond acceptors (Lipinski definition) is 3. The second-order valence-corrected chi connectivity index (χ2v) is 2.49. The van der Waals surface area contributed by atoms with Crippen molar-refractivity contribution in [2.75, 3.05) is 5.73 Å². The number of nitrogen functional groups attached to an aromatic ring is 1. The fraction of sp³-hybridized carbons (Fsp3) is 0.571. The van der Waals surface area contributed by atoms with Crippen LogP contribution in [0.2, 0.25) is 0 Å². The molecular formula is C7H12N2O2. The van der Waals surface area contributed by atoms with Gasteiger partial charge in [0.1, 0.15) is 5.82 Å². The molecule has 1 heterocycles. The number of rotatable bonds is 3. The molecule has 0 spiro atoms. The van der Waals surface area contributed by atoms with Crippen molar-refractivity contribution in [3.8, 4) is 0 Å². The third-order valence-corrected chi connectivity index (χ3v) is 1.61. The summed E-state index contributed by atoms with van der Waals surface area (Å²) < 4.78 is 4.49. The highest BCUT2D eigenvalue weighted by atomic mass is 16.5. The normalized spacial score (nSPS) is 10.3. The molecule has 0 aliphatic heterocycles. The van der Waals surface area contributed by atoms with Crippen molar-refractivity contribution in [1.29, 1.82) is 0 Å². The third kappa shape index (κ3) is 1.63. The molecule has 3 N–H and O–H groups in total. The van der Waals surface area contributed by atoms with Crippen molar-refractivity contribution in [2.24, 2.45) is 0 Å². The first kappa shape index (κ1) is 7.91. The molecule has 62 valence electrons. The van der Waals surface area contributed by atoms with E-state index >= 15 is 0 Å². The number of nitrogens with one attached hydrogen (secondary N) is 1. The Balaban J connectivity index is 2.75. The maximum absolute atomic E-state index is 10.9. The third-order valence-electron chi connectivity index (χ3n) is 1.61. The minimum absolute atomic E-state index is 0.337. The molecular weight excluding hydrogens is 144 g/mol. The van der Waals surface area contributed by atoms with Gasteiger partial charge in [-0.2, -0.15) is 0 Å². The zero-order valence-electron chi connectivity index (χ0n) is 6.52. The number of H-pyrrole nitrogens is 1. The number of unbranched alkanes of at least 4 members (excludes halogenated alkanes) is 1. The summed E-state index contributed by atoms with van der Waals surface area (Å²) in [6.07, 6.45) is 2.71. The van der Waals surface area contributed by atoms with Crippen LogP contribution >= 0.6 is 0 Å². The van der Waals surface area contributed by atoms with Crippen LogP contribution in [0.15, 0.2) is 9.32 Å². The van der Waals surface area contributed by atoms with Crippen LogP contribution in [0.25, 0.3) is 0 Å². The van der Waals surface area contributed by atoms with Crippen molar-refractivity contribution >= 4 is 5.82 Å². The zero-order chi connectivity index (χ0) is 8.27. The zero-order valence-corrected chi connectivity index (χ0v) is 6.52. The topological polar surface area (TPSA) is 72.0 Å². The molecule has 0 unspecified atom stereocenters. The Bertz CT molecular complexity index is 274. The number of anilines is 1. The van der Waals surface area contributed by atoms with E-state index in [1.54, 1.807) is 0 Å². The van der Waals surface area contributed by atoms with Gasteiger partial charge >= 0.3 is 5.63 Å². The summed E-state index contributed by atoms with van der Waals surface area (Å²) in [4.78, 5) is 10.9. The lowest BCUT2D eigenvalue weighted by Crippen LogP contribution is -2.03. The number of aromatic amines is 1. The van der Waals surface area contributed by atoms with Gasteiger partial charge in [-0.3, -0.25) is 0 Å². The fourth-order valence-corrected chi connectivity index (χ4v) is 0.925. The minimum atomic E-state index is -0.337. The van der Waals surface area contributed by atoms with Crippen LogP contribution in [-0.2, 0) is 6.42 Å². The monoisotopic (exact) mass is 156 g/mol. The van der Waals surface area contributed by atoms with E-state index in [0.717, 1.165) is 12.8 Å². The van der Waals surface area contributed by atoms with Gasteiger partial charge in [-0.1, -0.05) is 13.3 Å². The molecule has 0 amide bonds. The second kappa shape index (κ2) is 3.27. The average molecular weight is 156 g/mol. The Kier molecular flexibility index (Phi) is 2.36. The predicted octanol–water partition coefficient (Wildman–Crippen LogP) is 0.893. The van der Waals surface area contributed by atoms with E-state index < -0.39 is 0 Å². The summed E-state index contributed by atoms with van der Waals surface area (Å²) in [5.41, 5.74) is 5.67. The van der Waals surface area contributed by atoms with Crippen molar-refractivity contribution in [2.45, 2.75) is 26.2 Å². The van der Waals surface area contributed by atoms with Crippen molar-refractivity contribution in [3.05, 3.63) is 16.0 Å². The molecule has 0 aliphatic rings. The Morgan fingerprint density at radius 1 is 1.64 bits per heavy atom. The number of hydrogen-bond donors (Lipinski definition) is 2. The van der Waals surface area contributed by atoms with Gasteiger partial charge in [0.25, 0.3) is 0 Å². The standard InChI is InChI=1S/C7H12N2O2/c1-2-3-4-5-6(8)9-11-7(5)10/h9H,2-4,8H2,1H3. The molecule has 0 saturated carbocycles. The second-order valence-electron chi connectivity index (χ2n) is 2.49. The summed E-state index contributed by atoms with van der Waals surface area (Å²) in [6, 6.07) is 0. The molecule has 0 fully saturated rings. The Morgan fingerprint density at radius 2 is 2.36 bits per heavy atom. The van der Waals surface area contributed by atoms with Crippen LogP contribution in [0.1, 0.15) is 25.3 Å². The number of aromatic nitrogens is 1. The van der Waals surface area contributed by atoms with Gasteiger partial charge in [-0.15, -0.1) is 0 Å². The minimum Gasteiger partial charge on any atom is -0.383 e. The molecule has 0 radical (unpaired) electrons. The summed E-state index contributed by atoms with van der Waals surface area (Å²) in [6.45, 7) is 2.06. The lowest BCUT2D eigenvalue weighted by Gasteiger charge is -1.91. The van der Waals surface area contributed by atoms with Crippen molar-refractivity contribution in [1.82, 2.24) is 5.16 Å². The fourth-order valence-electron chi connectivity index (χ4n) is 0.925. The lowest BCUT2D eigenvalue weighted by molar-refractivity contribution is 0.392. The highest BCUT2D eigenvalue weighted by Crippen LogP contribution is 2.06. The highest BCUT2D eigenvalue weighted by molar-refractivity contribution is 5.35. The maximum atomic E-state index is 10.9. The first-order chi connectivity index (χ1) is 5.25. The molecule has 1 rings (SSSR count). The van der Waals surface area contributed by atoms with E-state index in [1.807, 2.05) is 0 Å². The van der Waals surface area contributed by atoms with Gasteiger partial charge in [-0.25, -0.2) is 9.95 Å². The van der Waals surface area contributed by atoms with Gasteiger partial charge < -0.3 is 10.3 Å². The molecule has 0 saturated heterocycles. The Morgan fingerprint density at radius 3 is 2.82 bits per heavy atom. The van der Waals surface area contributed by atoms with Crippen LogP contribution < -0.4 is 11.4 Å². The van der Waals surface area contributed by atoms with Crippen LogP contribution in [0.3, 0.4) is 0 Å². The van der Waals surface area contributed by atoms with Gasteiger partial charge in [-0.05, 0) is 12.8 Å². The van der Waals surface area contributed by atoms with Crippen LogP contribution in [0, 0.1) is 0 Å². The van der Waals surface area contributed by atoms with Gasteiger partial charge in [0.15, 0.2) is 0 Å². The van der Waals surface area contributed by atoms with E-state index in [4.69, 9.17) is 5.73 Å². The van der Waals surface area contributed by atoms with Crippen LogP contribution in [0.4, 0.5) is 5.82 Å². The van der Waals surface area contributed by atoms with E-state index in [-0.39, 0.29) is 5.63 Å². The first-order valence-corrected chi connectivity index (χ1v) is 3.71. The van der Waals surface area contributed by atoms with Crippen LogP contribution in [-0.4, -0.2) is 5.16 Å². The Labute approximate surface area is 64.4 Å². The summed E-state index contributed by atoms with van der Waals surface area (Å²) in [5, 5.41) is 2.34. The van der Waals surface area contributed by atoms with Gasteiger partial charge in [0, 0.05) is 0 Å². The van der Waals surface area contributed by atoms with E-state index in [9.17, 15) is 4.79 Å². The molecule has 0 bridgehead atoms. The first-order valence-electron chi connectivity index (χ1n) is 3.71. The summed E-state index contributed by atoms with van der Waals surface area (Å²) >= 11 is 0. The predicted molar refractivity (Wildman–Crippen MR) is 42.4 cm³/mol. The highest BCUT2D eigenvalue weighted by Gasteiger charge is 2.06. The molecule has 0 atom stereocenters. The molecule has 0 aliphatic carbocycles. The van der Waals surface area contributed by atoms with E-state index in [0.29, 0.717) is 17.8 Å². The summed E-state index contributed by atoms with van der Waals surface area (Å²) in [5.74, 6) is 0.364. The van der Waals surface area contributed by atoms with Gasteiger partial charge in [0.2, 0.25) is 0 Å². The van der Waals surface area contributed by atoms with Crippen molar-refractivity contribution in [3.63, 3.8) is 0 Å². The molecule has 4 nitrogen and oxygen atoms in total. The molecule has 0 aromatic carbocycles. The largest absolute Gasteiger partial charge is 0.383 e. The number of nitrogens with two attached hydrogens (primary N) is 1. The van der Waals surface area contributed by atoms with E-state index in [1.165, 1.54) is 0 Å². The maximum Gasteiger partial charge on any atom is 0.362 e. The quantitative estimate of drug-likeness (QED) is 0.682. The molecule has 11 heavy (non-hydrogen) atoms. The van der Waals surface area contributed by atoms with Crippen LogP contribution in [0.5, 0.6) is 0 Å². The molecule has 1 aromatic rings. The molecule has 4 heteroatoms. The van der Waals surface area contributed by atoms with Gasteiger partial charge in [0.05, 0.1) is 5.56 Å². The Hall–Kier alpha value is -1.19. The molecule has 1 aromatic heterocycles.